The molecule has 0 fully saturated rings. The van der Waals surface area contributed by atoms with Gasteiger partial charge in [0.1, 0.15) is 23.7 Å². The third-order valence-electron chi connectivity index (χ3n) is 4.95. The highest BCUT2D eigenvalue weighted by molar-refractivity contribution is 5.93. The number of carboxylic acids is 1. The van der Waals surface area contributed by atoms with Gasteiger partial charge in [0.25, 0.3) is 0 Å². The molecule has 35 heavy (non-hydrogen) atoms. The summed E-state index contributed by atoms with van der Waals surface area (Å²) >= 11 is 0. The molecule has 0 aliphatic rings. The maximum Gasteiger partial charge on any atom is 0.408 e. The molecule has 0 saturated carbocycles. The van der Waals surface area contributed by atoms with Gasteiger partial charge in [0, 0.05) is 6.42 Å². The number of benzene rings is 1. The molecule has 0 saturated heterocycles. The number of hydrogen-bond donors (Lipinski definition) is 4. The molecule has 0 aliphatic heterocycles. The van der Waals surface area contributed by atoms with Gasteiger partial charge < -0.3 is 25.8 Å². The van der Waals surface area contributed by atoms with Crippen molar-refractivity contribution in [2.75, 3.05) is 0 Å². The normalized spacial score (nSPS) is 14.1. The van der Waals surface area contributed by atoms with Crippen LogP contribution >= 0.6 is 0 Å². The summed E-state index contributed by atoms with van der Waals surface area (Å²) in [6.45, 7) is 12.8. The molecule has 0 spiro atoms. The molecule has 1 rings (SSSR count). The first-order valence-corrected chi connectivity index (χ1v) is 12.0. The smallest absolute Gasteiger partial charge is 0.408 e. The Morgan fingerprint density at radius 2 is 1.26 bits per heavy atom. The molecule has 0 bridgehead atoms. The third kappa shape index (κ3) is 12.2. The number of hydrogen-bond acceptors (Lipinski definition) is 5. The largest absolute Gasteiger partial charge is 0.480 e. The van der Waals surface area contributed by atoms with Crippen molar-refractivity contribution < 1.29 is 29.0 Å². The van der Waals surface area contributed by atoms with Gasteiger partial charge in [-0.2, -0.15) is 0 Å². The highest BCUT2D eigenvalue weighted by Crippen LogP contribution is 2.12. The van der Waals surface area contributed by atoms with Gasteiger partial charge in [-0.15, -0.1) is 0 Å². The monoisotopic (exact) mass is 491 g/mol. The zero-order valence-corrected chi connectivity index (χ0v) is 21.9. The van der Waals surface area contributed by atoms with Crippen LogP contribution in [-0.2, 0) is 25.5 Å². The Kier molecular flexibility index (Phi) is 11.7. The van der Waals surface area contributed by atoms with Crippen LogP contribution in [0.2, 0.25) is 0 Å². The zero-order chi connectivity index (χ0) is 26.8. The van der Waals surface area contributed by atoms with Crippen molar-refractivity contribution in [2.45, 2.75) is 91.5 Å². The number of amides is 3. The van der Waals surface area contributed by atoms with E-state index in [-0.39, 0.29) is 18.3 Å². The van der Waals surface area contributed by atoms with Crippen LogP contribution < -0.4 is 16.0 Å². The highest BCUT2D eigenvalue weighted by atomic mass is 16.6. The summed E-state index contributed by atoms with van der Waals surface area (Å²) in [5, 5.41) is 17.5. The average Bonchev–Trinajstić information content (AvgIpc) is 2.70. The lowest BCUT2D eigenvalue weighted by molar-refractivity contribution is -0.142. The first-order chi connectivity index (χ1) is 16.2. The lowest BCUT2D eigenvalue weighted by atomic mass is 9.99. The fourth-order valence-corrected chi connectivity index (χ4v) is 3.45. The molecule has 196 valence electrons. The molecule has 0 heterocycles. The number of carbonyl (C=O) groups excluding carboxylic acids is 3. The van der Waals surface area contributed by atoms with E-state index < -0.39 is 47.6 Å². The summed E-state index contributed by atoms with van der Waals surface area (Å²) in [4.78, 5) is 50.3. The Hall–Kier alpha value is -3.10. The molecular formula is C26H41N3O6. The van der Waals surface area contributed by atoms with Crippen molar-refractivity contribution in [3.63, 3.8) is 0 Å². The van der Waals surface area contributed by atoms with Gasteiger partial charge in [0.05, 0.1) is 0 Å². The fourth-order valence-electron chi connectivity index (χ4n) is 3.45. The number of rotatable bonds is 12. The maximum absolute atomic E-state index is 13.1. The van der Waals surface area contributed by atoms with Gasteiger partial charge in [-0.1, -0.05) is 58.0 Å². The summed E-state index contributed by atoms with van der Waals surface area (Å²) < 4.78 is 5.28. The Balaban J connectivity index is 2.99. The van der Waals surface area contributed by atoms with Crippen molar-refractivity contribution in [3.8, 4) is 0 Å². The molecule has 0 aromatic heterocycles. The second kappa shape index (κ2) is 13.7. The lowest BCUT2D eigenvalue weighted by Gasteiger charge is -2.27. The van der Waals surface area contributed by atoms with E-state index in [9.17, 15) is 24.3 Å². The number of aliphatic carboxylic acids is 1. The Morgan fingerprint density at radius 3 is 1.69 bits per heavy atom. The predicted octanol–water partition coefficient (Wildman–Crippen LogP) is 3.27. The van der Waals surface area contributed by atoms with Gasteiger partial charge >= 0.3 is 12.1 Å². The van der Waals surface area contributed by atoms with E-state index >= 15 is 0 Å². The minimum absolute atomic E-state index is 0.0471. The van der Waals surface area contributed by atoms with Crippen LogP contribution in [0.3, 0.4) is 0 Å². The van der Waals surface area contributed by atoms with E-state index in [2.05, 4.69) is 16.0 Å². The number of carbonyl (C=O) groups is 4. The Morgan fingerprint density at radius 1 is 0.800 bits per heavy atom. The predicted molar refractivity (Wildman–Crippen MR) is 134 cm³/mol. The summed E-state index contributed by atoms with van der Waals surface area (Å²) in [6.07, 6.45) is 0.0283. The molecule has 0 aliphatic carbocycles. The van der Waals surface area contributed by atoms with E-state index in [4.69, 9.17) is 4.74 Å². The van der Waals surface area contributed by atoms with E-state index in [0.29, 0.717) is 12.8 Å². The summed E-state index contributed by atoms with van der Waals surface area (Å²) in [7, 11) is 0. The maximum atomic E-state index is 13.1. The SMILES string of the molecule is CC(C)C[C@H](NC(=O)OC(C)(C)C)C(=O)N[C@@H](CC(C)C)C(=O)N[C@@H](Cc1ccccc1)C(=O)O. The Bertz CT molecular complexity index is 848. The van der Waals surface area contributed by atoms with Crippen molar-refractivity contribution in [1.82, 2.24) is 16.0 Å². The first-order valence-electron chi connectivity index (χ1n) is 12.0. The molecule has 1 aromatic carbocycles. The molecule has 3 atom stereocenters. The van der Waals surface area contributed by atoms with E-state index in [1.807, 2.05) is 33.8 Å². The van der Waals surface area contributed by atoms with Crippen LogP contribution in [0, 0.1) is 11.8 Å². The van der Waals surface area contributed by atoms with Gasteiger partial charge in [-0.05, 0) is 51.0 Å². The van der Waals surface area contributed by atoms with Gasteiger partial charge in [-0.3, -0.25) is 9.59 Å². The van der Waals surface area contributed by atoms with Crippen LogP contribution in [0.1, 0.15) is 66.9 Å². The molecule has 9 heteroatoms. The van der Waals surface area contributed by atoms with Gasteiger partial charge in [0.2, 0.25) is 11.8 Å². The highest BCUT2D eigenvalue weighted by Gasteiger charge is 2.31. The number of ether oxygens (including phenoxy) is 1. The van der Waals surface area contributed by atoms with Crippen LogP contribution in [0.5, 0.6) is 0 Å². The fraction of sp³-hybridized carbons (Fsp3) is 0.615. The number of nitrogens with one attached hydrogen (secondary N) is 3. The molecule has 3 amide bonds. The van der Waals surface area contributed by atoms with Crippen molar-refractivity contribution >= 4 is 23.9 Å². The zero-order valence-electron chi connectivity index (χ0n) is 21.9. The first kappa shape index (κ1) is 29.9. The minimum Gasteiger partial charge on any atom is -0.480 e. The quantitative estimate of drug-likeness (QED) is 0.355. The van der Waals surface area contributed by atoms with E-state index in [1.54, 1.807) is 45.0 Å². The summed E-state index contributed by atoms with van der Waals surface area (Å²) in [6, 6.07) is 5.97. The summed E-state index contributed by atoms with van der Waals surface area (Å²) in [5.41, 5.74) is 0.0383. The average molecular weight is 492 g/mol. The topological polar surface area (TPSA) is 134 Å². The van der Waals surface area contributed by atoms with Crippen LogP contribution in [0.15, 0.2) is 30.3 Å². The lowest BCUT2D eigenvalue weighted by Crippen LogP contribution is -2.56. The van der Waals surface area contributed by atoms with Gasteiger partial charge in [0.15, 0.2) is 0 Å². The second-order valence-electron chi connectivity index (χ2n) is 10.6. The molecule has 9 nitrogen and oxygen atoms in total. The van der Waals surface area contributed by atoms with Crippen molar-refractivity contribution in [1.29, 1.82) is 0 Å². The van der Waals surface area contributed by atoms with Crippen molar-refractivity contribution in [2.24, 2.45) is 11.8 Å². The molecule has 0 unspecified atom stereocenters. The van der Waals surface area contributed by atoms with Crippen molar-refractivity contribution in [3.05, 3.63) is 35.9 Å². The standard InChI is InChI=1S/C26H41N3O6/c1-16(2)13-19(22(30)28-21(24(32)33)15-18-11-9-8-10-12-18)27-23(31)20(14-17(3)4)29-25(34)35-26(5,6)7/h8-12,16-17,19-21H,13-15H2,1-7H3,(H,27,31)(H,28,30)(H,29,34)(H,32,33)/t19-,20-,21-/m0/s1. The Labute approximate surface area is 208 Å². The second-order valence-corrected chi connectivity index (χ2v) is 10.6. The number of carboxylic acid groups (broad SMARTS) is 1. The van der Waals surface area contributed by atoms with Crippen LogP contribution in [0.4, 0.5) is 4.79 Å². The van der Waals surface area contributed by atoms with E-state index in [0.717, 1.165) is 5.56 Å². The minimum atomic E-state index is -1.17. The number of alkyl carbamates (subject to hydrolysis) is 1. The van der Waals surface area contributed by atoms with Crippen LogP contribution in [0.25, 0.3) is 0 Å². The van der Waals surface area contributed by atoms with Crippen LogP contribution in [-0.4, -0.2) is 52.7 Å². The summed E-state index contributed by atoms with van der Waals surface area (Å²) in [5.74, 6) is -2.15. The third-order valence-corrected chi connectivity index (χ3v) is 4.95. The molecule has 4 N–H and O–H groups in total. The molecule has 0 radical (unpaired) electrons. The molecule has 1 aromatic rings. The van der Waals surface area contributed by atoms with E-state index in [1.165, 1.54) is 0 Å². The molecular weight excluding hydrogens is 450 g/mol. The van der Waals surface area contributed by atoms with Gasteiger partial charge in [-0.25, -0.2) is 9.59 Å².